The Hall–Kier alpha value is -0.800. The van der Waals surface area contributed by atoms with Crippen LogP contribution in [0.15, 0.2) is 0 Å². The minimum absolute atomic E-state index is 0.0769. The van der Waals surface area contributed by atoms with E-state index in [0.717, 1.165) is 0 Å². The minimum atomic E-state index is -4.15. The molecule has 0 heterocycles. The molecule has 6 heteroatoms. The Labute approximate surface area is 99.4 Å². The zero-order chi connectivity index (χ0) is 13.1. The molecule has 17 heavy (non-hydrogen) atoms. The van der Waals surface area contributed by atoms with Gasteiger partial charge in [-0.2, -0.15) is 18.4 Å². The zero-order valence-electron chi connectivity index (χ0n) is 9.93. The summed E-state index contributed by atoms with van der Waals surface area (Å²) >= 11 is 0. The molecule has 0 spiro atoms. The van der Waals surface area contributed by atoms with E-state index in [-0.39, 0.29) is 12.5 Å². The third-order valence-corrected chi connectivity index (χ3v) is 3.43. The van der Waals surface area contributed by atoms with Crippen LogP contribution >= 0.6 is 0 Å². The summed E-state index contributed by atoms with van der Waals surface area (Å²) in [5, 5.41) is 8.62. The smallest absolute Gasteiger partial charge is 0.324 e. The normalized spacial score (nSPS) is 30.3. The van der Waals surface area contributed by atoms with Crippen molar-refractivity contribution < 1.29 is 13.2 Å². The molecule has 1 fully saturated rings. The maximum Gasteiger partial charge on any atom is 0.401 e. The van der Waals surface area contributed by atoms with Gasteiger partial charge in [-0.1, -0.05) is 0 Å². The molecule has 0 bridgehead atoms. The van der Waals surface area contributed by atoms with Gasteiger partial charge in [-0.25, -0.2) is 0 Å². The van der Waals surface area contributed by atoms with E-state index < -0.39 is 18.3 Å². The van der Waals surface area contributed by atoms with E-state index in [2.05, 4.69) is 0 Å². The second-order valence-corrected chi connectivity index (χ2v) is 4.96. The number of alkyl halides is 3. The van der Waals surface area contributed by atoms with Gasteiger partial charge in [0.2, 0.25) is 0 Å². The number of nitriles is 1. The van der Waals surface area contributed by atoms with Crippen LogP contribution in [-0.4, -0.2) is 36.2 Å². The van der Waals surface area contributed by atoms with Gasteiger partial charge in [0.25, 0.3) is 0 Å². The first-order valence-electron chi connectivity index (χ1n) is 5.69. The van der Waals surface area contributed by atoms with Gasteiger partial charge in [0.15, 0.2) is 0 Å². The summed E-state index contributed by atoms with van der Waals surface area (Å²) in [6.45, 7) is -0.881. The van der Waals surface area contributed by atoms with Crippen LogP contribution in [0, 0.1) is 11.3 Å². The van der Waals surface area contributed by atoms with Gasteiger partial charge >= 0.3 is 6.18 Å². The van der Waals surface area contributed by atoms with E-state index in [1.54, 1.807) is 0 Å². The average Bonchev–Trinajstić information content (AvgIpc) is 2.15. The lowest BCUT2D eigenvalue weighted by molar-refractivity contribution is -0.149. The fourth-order valence-corrected chi connectivity index (χ4v) is 2.36. The van der Waals surface area contributed by atoms with Gasteiger partial charge in [0, 0.05) is 11.6 Å². The van der Waals surface area contributed by atoms with Crippen LogP contribution in [0.1, 0.15) is 32.1 Å². The van der Waals surface area contributed by atoms with Gasteiger partial charge in [-0.05, 0) is 32.7 Å². The number of halogens is 3. The number of rotatable bonds is 3. The van der Waals surface area contributed by atoms with Crippen molar-refractivity contribution in [3.8, 4) is 6.07 Å². The highest BCUT2D eigenvalue weighted by Crippen LogP contribution is 2.31. The van der Waals surface area contributed by atoms with E-state index in [1.165, 1.54) is 11.9 Å². The molecule has 1 saturated carbocycles. The van der Waals surface area contributed by atoms with Gasteiger partial charge in [-0.15, -0.1) is 0 Å². The highest BCUT2D eigenvalue weighted by molar-refractivity contribution is 4.98. The fraction of sp³-hybridized carbons (Fsp3) is 0.909. The Morgan fingerprint density at radius 2 is 1.94 bits per heavy atom. The Morgan fingerprint density at radius 3 is 2.35 bits per heavy atom. The van der Waals surface area contributed by atoms with Crippen LogP contribution in [-0.2, 0) is 0 Å². The van der Waals surface area contributed by atoms with Crippen molar-refractivity contribution in [3.05, 3.63) is 0 Å². The third-order valence-electron chi connectivity index (χ3n) is 3.43. The molecular formula is C11H18F3N3. The Balaban J connectivity index is 2.44. The van der Waals surface area contributed by atoms with Gasteiger partial charge in [0.1, 0.15) is 0 Å². The summed E-state index contributed by atoms with van der Waals surface area (Å²) in [6, 6.07) is 1.96. The minimum Gasteiger partial charge on any atom is -0.324 e. The Kier molecular flexibility index (Phi) is 4.39. The standard InChI is InChI=1S/C11H18F3N3/c1-17(8-11(12,13)14)9-2-4-10(16,5-3-9)6-7-15/h9H,2-6,8,16H2,1H3. The van der Waals surface area contributed by atoms with E-state index >= 15 is 0 Å². The lowest BCUT2D eigenvalue weighted by Gasteiger charge is -2.39. The molecule has 0 aromatic heterocycles. The van der Waals surface area contributed by atoms with Gasteiger partial charge in [-0.3, -0.25) is 4.90 Å². The number of hydrogen-bond donors (Lipinski definition) is 1. The van der Waals surface area contributed by atoms with E-state index in [9.17, 15) is 13.2 Å². The van der Waals surface area contributed by atoms with Crippen molar-refractivity contribution in [1.29, 1.82) is 5.26 Å². The summed E-state index contributed by atoms with van der Waals surface area (Å²) in [4.78, 5) is 1.34. The van der Waals surface area contributed by atoms with Gasteiger partial charge in [0.05, 0.1) is 19.0 Å². The molecule has 0 amide bonds. The zero-order valence-corrected chi connectivity index (χ0v) is 9.93. The summed E-state index contributed by atoms with van der Waals surface area (Å²) in [7, 11) is 1.49. The van der Waals surface area contributed by atoms with Crippen molar-refractivity contribution in [2.45, 2.75) is 49.9 Å². The molecule has 0 aromatic carbocycles. The SMILES string of the molecule is CN(CC(F)(F)F)C1CCC(N)(CC#N)CC1. The van der Waals surface area contributed by atoms with Crippen LogP contribution < -0.4 is 5.73 Å². The maximum atomic E-state index is 12.2. The number of hydrogen-bond acceptors (Lipinski definition) is 3. The summed E-state index contributed by atoms with van der Waals surface area (Å²) < 4.78 is 36.7. The molecule has 0 aliphatic heterocycles. The molecule has 1 aliphatic carbocycles. The first-order valence-corrected chi connectivity index (χ1v) is 5.69. The molecule has 3 nitrogen and oxygen atoms in total. The van der Waals surface area contributed by atoms with Crippen LogP contribution in [0.25, 0.3) is 0 Å². The summed E-state index contributed by atoms with van der Waals surface area (Å²) in [5.74, 6) is 0. The molecule has 1 rings (SSSR count). The highest BCUT2D eigenvalue weighted by Gasteiger charge is 2.36. The predicted molar refractivity (Wildman–Crippen MR) is 58.1 cm³/mol. The highest BCUT2D eigenvalue weighted by atomic mass is 19.4. The van der Waals surface area contributed by atoms with Crippen LogP contribution in [0.4, 0.5) is 13.2 Å². The number of nitrogens with two attached hydrogens (primary N) is 1. The topological polar surface area (TPSA) is 53.0 Å². The van der Waals surface area contributed by atoms with E-state index in [1.807, 2.05) is 6.07 Å². The third kappa shape index (κ3) is 4.52. The van der Waals surface area contributed by atoms with E-state index in [0.29, 0.717) is 25.7 Å². The second-order valence-electron chi connectivity index (χ2n) is 4.96. The van der Waals surface area contributed by atoms with Crippen LogP contribution in [0.2, 0.25) is 0 Å². The second kappa shape index (κ2) is 5.23. The quantitative estimate of drug-likeness (QED) is 0.832. The number of nitrogens with zero attached hydrogens (tertiary/aromatic N) is 2. The van der Waals surface area contributed by atoms with Crippen molar-refractivity contribution in [2.75, 3.05) is 13.6 Å². The van der Waals surface area contributed by atoms with E-state index in [4.69, 9.17) is 11.0 Å². The van der Waals surface area contributed by atoms with Crippen LogP contribution in [0.5, 0.6) is 0 Å². The first kappa shape index (κ1) is 14.3. The van der Waals surface area contributed by atoms with Crippen molar-refractivity contribution in [3.63, 3.8) is 0 Å². The largest absolute Gasteiger partial charge is 0.401 e. The lowest BCUT2D eigenvalue weighted by Crippen LogP contribution is -2.48. The molecule has 1 aliphatic rings. The average molecular weight is 249 g/mol. The Morgan fingerprint density at radius 1 is 1.41 bits per heavy atom. The fourth-order valence-electron chi connectivity index (χ4n) is 2.36. The Bertz CT molecular complexity index is 287. The molecule has 98 valence electrons. The van der Waals surface area contributed by atoms with Crippen molar-refractivity contribution in [2.24, 2.45) is 5.73 Å². The van der Waals surface area contributed by atoms with Crippen LogP contribution in [0.3, 0.4) is 0 Å². The molecule has 2 N–H and O–H groups in total. The molecular weight excluding hydrogens is 231 g/mol. The predicted octanol–water partition coefficient (Wildman–Crippen LogP) is 2.03. The molecule has 0 atom stereocenters. The molecule has 0 radical (unpaired) electrons. The first-order chi connectivity index (χ1) is 7.76. The van der Waals surface area contributed by atoms with Gasteiger partial charge < -0.3 is 5.73 Å². The lowest BCUT2D eigenvalue weighted by atomic mass is 9.78. The molecule has 0 unspecified atom stereocenters. The molecule has 0 aromatic rings. The monoisotopic (exact) mass is 249 g/mol. The molecule has 0 saturated heterocycles. The maximum absolute atomic E-state index is 12.2. The van der Waals surface area contributed by atoms with Crippen molar-refractivity contribution >= 4 is 0 Å². The van der Waals surface area contributed by atoms with Crippen molar-refractivity contribution in [1.82, 2.24) is 4.90 Å². The summed E-state index contributed by atoms with van der Waals surface area (Å²) in [6.07, 6.45) is -1.38. The summed E-state index contributed by atoms with van der Waals surface area (Å²) in [5.41, 5.74) is 5.50.